The number of aromatic amines is 1. The molecule has 1 atom stereocenters. The highest BCUT2D eigenvalue weighted by atomic mass is 32.1. The van der Waals surface area contributed by atoms with Crippen molar-refractivity contribution in [1.82, 2.24) is 15.3 Å². The van der Waals surface area contributed by atoms with Gasteiger partial charge in [0.2, 0.25) is 0 Å². The van der Waals surface area contributed by atoms with Crippen LogP contribution in [0.25, 0.3) is 11.0 Å². The Morgan fingerprint density at radius 2 is 2.00 bits per heavy atom. The first-order chi connectivity index (χ1) is 13.1. The maximum atomic E-state index is 12.7. The number of pyridine rings is 1. The number of aliphatic hydroxyl groups excluding tert-OH is 1. The zero-order valence-electron chi connectivity index (χ0n) is 14.6. The summed E-state index contributed by atoms with van der Waals surface area (Å²) in [5.41, 5.74) is 2.97. The lowest BCUT2D eigenvalue weighted by molar-refractivity contribution is 0.0788. The van der Waals surface area contributed by atoms with Gasteiger partial charge in [-0.05, 0) is 25.1 Å². The van der Waals surface area contributed by atoms with Crippen LogP contribution in [0, 0.1) is 6.92 Å². The van der Waals surface area contributed by atoms with Crippen molar-refractivity contribution < 1.29 is 9.90 Å². The predicted molar refractivity (Wildman–Crippen MR) is 107 cm³/mol. The molecule has 0 bridgehead atoms. The van der Waals surface area contributed by atoms with E-state index in [1.165, 1.54) is 11.3 Å². The molecule has 0 aliphatic heterocycles. The van der Waals surface area contributed by atoms with Gasteiger partial charge in [-0.25, -0.2) is 4.98 Å². The average molecular weight is 378 g/mol. The predicted octanol–water partition coefficient (Wildman–Crippen LogP) is 4.10. The smallest absolute Gasteiger partial charge is 0.265 e. The SMILES string of the molecule is Cc1cc(Nc2ccnc3[nH]ccc23)c(C(=O)NC(O)c2ccccc2)s1. The third-order valence-electron chi connectivity index (χ3n) is 4.17. The van der Waals surface area contributed by atoms with Crippen molar-refractivity contribution in [3.8, 4) is 0 Å². The Hall–Kier alpha value is -3.16. The lowest BCUT2D eigenvalue weighted by atomic mass is 10.2. The zero-order chi connectivity index (χ0) is 18.8. The maximum absolute atomic E-state index is 12.7. The minimum absolute atomic E-state index is 0.327. The Bertz CT molecular complexity index is 1090. The van der Waals surface area contributed by atoms with Crippen molar-refractivity contribution >= 4 is 39.7 Å². The number of hydrogen-bond acceptors (Lipinski definition) is 5. The molecule has 4 aromatic rings. The molecule has 0 saturated heterocycles. The summed E-state index contributed by atoms with van der Waals surface area (Å²) in [4.78, 5) is 21.6. The minimum Gasteiger partial charge on any atom is -0.369 e. The van der Waals surface area contributed by atoms with Crippen LogP contribution >= 0.6 is 11.3 Å². The van der Waals surface area contributed by atoms with Crippen LogP contribution in [0.4, 0.5) is 11.4 Å². The summed E-state index contributed by atoms with van der Waals surface area (Å²) in [6, 6.07) is 14.8. The van der Waals surface area contributed by atoms with Gasteiger partial charge >= 0.3 is 0 Å². The van der Waals surface area contributed by atoms with Crippen LogP contribution in [-0.4, -0.2) is 21.0 Å². The second kappa shape index (κ2) is 7.22. The van der Waals surface area contributed by atoms with Crippen molar-refractivity contribution in [1.29, 1.82) is 0 Å². The van der Waals surface area contributed by atoms with Gasteiger partial charge in [-0.3, -0.25) is 4.79 Å². The summed E-state index contributed by atoms with van der Waals surface area (Å²) in [6.45, 7) is 1.94. The van der Waals surface area contributed by atoms with Gasteiger partial charge in [0, 0.05) is 28.2 Å². The van der Waals surface area contributed by atoms with E-state index >= 15 is 0 Å². The van der Waals surface area contributed by atoms with Gasteiger partial charge < -0.3 is 20.7 Å². The number of fused-ring (bicyclic) bond motifs is 1. The van der Waals surface area contributed by atoms with Crippen LogP contribution in [0.15, 0.2) is 60.9 Å². The molecular weight excluding hydrogens is 360 g/mol. The number of nitrogens with zero attached hydrogens (tertiary/aromatic N) is 1. The summed E-state index contributed by atoms with van der Waals surface area (Å²) in [7, 11) is 0. The molecule has 7 heteroatoms. The van der Waals surface area contributed by atoms with Crippen LogP contribution in [0.1, 0.15) is 26.3 Å². The highest BCUT2D eigenvalue weighted by Gasteiger charge is 2.19. The summed E-state index contributed by atoms with van der Waals surface area (Å²) in [6.07, 6.45) is 2.47. The molecule has 3 heterocycles. The Morgan fingerprint density at radius 1 is 1.19 bits per heavy atom. The summed E-state index contributed by atoms with van der Waals surface area (Å²) in [5, 5.41) is 17.2. The average Bonchev–Trinajstić information content (AvgIpc) is 3.29. The second-order valence-corrected chi connectivity index (χ2v) is 7.37. The number of aliphatic hydroxyl groups is 1. The Balaban J connectivity index is 1.59. The number of H-pyrrole nitrogens is 1. The fourth-order valence-electron chi connectivity index (χ4n) is 2.90. The topological polar surface area (TPSA) is 90.0 Å². The molecule has 6 nitrogen and oxygen atoms in total. The lowest BCUT2D eigenvalue weighted by Gasteiger charge is -2.14. The van der Waals surface area contributed by atoms with E-state index in [9.17, 15) is 9.90 Å². The van der Waals surface area contributed by atoms with E-state index in [0.29, 0.717) is 16.1 Å². The van der Waals surface area contributed by atoms with Gasteiger partial charge in [0.25, 0.3) is 5.91 Å². The van der Waals surface area contributed by atoms with Gasteiger partial charge in [0.15, 0.2) is 6.23 Å². The number of rotatable bonds is 5. The Kier molecular flexibility index (Phi) is 4.62. The van der Waals surface area contributed by atoms with E-state index in [1.807, 2.05) is 49.5 Å². The Labute approximate surface area is 159 Å². The van der Waals surface area contributed by atoms with Gasteiger partial charge in [-0.1, -0.05) is 30.3 Å². The Morgan fingerprint density at radius 3 is 2.81 bits per heavy atom. The van der Waals surface area contributed by atoms with Crippen LogP contribution in [0.2, 0.25) is 0 Å². The molecule has 0 spiro atoms. The number of anilines is 2. The zero-order valence-corrected chi connectivity index (χ0v) is 15.4. The minimum atomic E-state index is -1.06. The number of carbonyl (C=O) groups excluding carboxylic acids is 1. The molecule has 4 N–H and O–H groups in total. The highest BCUT2D eigenvalue weighted by molar-refractivity contribution is 7.14. The van der Waals surface area contributed by atoms with Crippen LogP contribution < -0.4 is 10.6 Å². The van der Waals surface area contributed by atoms with Gasteiger partial charge in [-0.15, -0.1) is 11.3 Å². The maximum Gasteiger partial charge on any atom is 0.265 e. The number of nitrogens with one attached hydrogen (secondary N) is 3. The van der Waals surface area contributed by atoms with Crippen LogP contribution in [-0.2, 0) is 0 Å². The van der Waals surface area contributed by atoms with Crippen molar-refractivity contribution in [2.45, 2.75) is 13.2 Å². The monoisotopic (exact) mass is 378 g/mol. The molecule has 0 aliphatic carbocycles. The molecular formula is C20H18N4O2S. The number of benzene rings is 1. The van der Waals surface area contributed by atoms with Gasteiger partial charge in [-0.2, -0.15) is 0 Å². The standard InChI is InChI=1S/C20H18N4O2S/c1-12-11-16(23-15-8-10-22-18-14(15)7-9-21-18)17(27-12)20(26)24-19(25)13-5-3-2-4-6-13/h2-11,19,25H,1H3,(H,24,26)(H2,21,22,23). The number of carbonyl (C=O) groups is 1. The fraction of sp³-hybridized carbons (Fsp3) is 0.100. The molecule has 1 unspecified atom stereocenters. The number of aryl methyl sites for hydroxylation is 1. The van der Waals surface area contributed by atoms with E-state index in [2.05, 4.69) is 20.6 Å². The van der Waals surface area contributed by atoms with Crippen LogP contribution in [0.5, 0.6) is 0 Å². The summed E-state index contributed by atoms with van der Waals surface area (Å²) < 4.78 is 0. The van der Waals surface area contributed by atoms with Crippen molar-refractivity contribution in [2.75, 3.05) is 5.32 Å². The molecule has 1 aromatic carbocycles. The first-order valence-electron chi connectivity index (χ1n) is 8.45. The van der Waals surface area contributed by atoms with E-state index in [1.54, 1.807) is 18.3 Å². The number of amides is 1. The third-order valence-corrected chi connectivity index (χ3v) is 5.22. The van der Waals surface area contributed by atoms with E-state index < -0.39 is 6.23 Å². The van der Waals surface area contributed by atoms with E-state index in [-0.39, 0.29) is 5.91 Å². The lowest BCUT2D eigenvalue weighted by Crippen LogP contribution is -2.28. The quantitative estimate of drug-likeness (QED) is 0.394. The van der Waals surface area contributed by atoms with Crippen LogP contribution in [0.3, 0.4) is 0 Å². The number of hydrogen-bond donors (Lipinski definition) is 4. The fourth-order valence-corrected chi connectivity index (χ4v) is 3.77. The van der Waals surface area contributed by atoms with E-state index in [4.69, 9.17) is 0 Å². The number of thiophene rings is 1. The molecule has 0 radical (unpaired) electrons. The molecule has 1 amide bonds. The summed E-state index contributed by atoms with van der Waals surface area (Å²) >= 11 is 1.38. The molecule has 27 heavy (non-hydrogen) atoms. The van der Waals surface area contributed by atoms with Crippen molar-refractivity contribution in [3.05, 3.63) is 76.2 Å². The molecule has 4 rings (SSSR count). The second-order valence-electron chi connectivity index (χ2n) is 6.11. The molecule has 0 aliphatic rings. The normalized spacial score (nSPS) is 12.1. The molecule has 136 valence electrons. The van der Waals surface area contributed by atoms with Crippen molar-refractivity contribution in [2.24, 2.45) is 0 Å². The van der Waals surface area contributed by atoms with Crippen molar-refractivity contribution in [3.63, 3.8) is 0 Å². The third kappa shape index (κ3) is 3.55. The first-order valence-corrected chi connectivity index (χ1v) is 9.27. The molecule has 3 aromatic heterocycles. The molecule has 0 saturated carbocycles. The van der Waals surface area contributed by atoms with E-state index in [0.717, 1.165) is 21.6 Å². The van der Waals surface area contributed by atoms with Gasteiger partial charge in [0.05, 0.1) is 11.4 Å². The largest absolute Gasteiger partial charge is 0.369 e. The molecule has 0 fully saturated rings. The highest BCUT2D eigenvalue weighted by Crippen LogP contribution is 2.32. The summed E-state index contributed by atoms with van der Waals surface area (Å²) in [5.74, 6) is -0.327. The number of aromatic nitrogens is 2. The van der Waals surface area contributed by atoms with Gasteiger partial charge in [0.1, 0.15) is 10.5 Å². The first kappa shape index (κ1) is 17.3.